The van der Waals surface area contributed by atoms with E-state index in [-0.39, 0.29) is 18.1 Å². The van der Waals surface area contributed by atoms with Crippen molar-refractivity contribution in [2.45, 2.75) is 38.3 Å². The minimum atomic E-state index is 0.0356. The molecule has 4 rings (SSSR count). The van der Waals surface area contributed by atoms with Gasteiger partial charge in [-0.15, -0.1) is 0 Å². The van der Waals surface area contributed by atoms with E-state index in [0.717, 1.165) is 50.3 Å². The van der Waals surface area contributed by atoms with Crippen LogP contribution in [0.4, 0.5) is 21.9 Å². The maximum Gasteiger partial charge on any atom is 0.322 e. The zero-order valence-electron chi connectivity index (χ0n) is 16.8. The van der Waals surface area contributed by atoms with E-state index in [1.165, 1.54) is 5.69 Å². The maximum atomic E-state index is 13.2. The Balaban J connectivity index is 1.43. The molecule has 1 atom stereocenters. The number of hydrogen-bond acceptors (Lipinski definition) is 3. The molecule has 1 saturated heterocycles. The summed E-state index contributed by atoms with van der Waals surface area (Å²) in [6.07, 6.45) is 2.92. The quantitative estimate of drug-likeness (QED) is 0.855. The summed E-state index contributed by atoms with van der Waals surface area (Å²) in [6.45, 7) is 5.05. The van der Waals surface area contributed by atoms with E-state index < -0.39 is 0 Å². The van der Waals surface area contributed by atoms with Crippen molar-refractivity contribution in [1.82, 2.24) is 5.32 Å². The van der Waals surface area contributed by atoms with Crippen LogP contribution in [-0.2, 0) is 0 Å². The second-order valence-electron chi connectivity index (χ2n) is 7.96. The zero-order valence-corrected chi connectivity index (χ0v) is 16.8. The third-order valence-electron chi connectivity index (χ3n) is 6.04. The highest BCUT2D eigenvalue weighted by molar-refractivity contribution is 5.96. The second kappa shape index (κ2) is 8.13. The Labute approximate surface area is 167 Å². The Kier molecular flexibility index (Phi) is 5.42. The minimum absolute atomic E-state index is 0.0356. The van der Waals surface area contributed by atoms with E-state index in [2.05, 4.69) is 65.5 Å². The Morgan fingerprint density at radius 3 is 2.25 bits per heavy atom. The van der Waals surface area contributed by atoms with Gasteiger partial charge < -0.3 is 15.1 Å². The minimum Gasteiger partial charge on any atom is -0.373 e. The van der Waals surface area contributed by atoms with E-state index in [0.29, 0.717) is 0 Å². The molecule has 2 aliphatic heterocycles. The van der Waals surface area contributed by atoms with Crippen LogP contribution in [-0.4, -0.2) is 44.8 Å². The number of para-hydroxylation sites is 3. The first-order valence-corrected chi connectivity index (χ1v) is 10.3. The summed E-state index contributed by atoms with van der Waals surface area (Å²) >= 11 is 0. The molecular weight excluding hydrogens is 348 g/mol. The Morgan fingerprint density at radius 1 is 0.893 bits per heavy atom. The fourth-order valence-corrected chi connectivity index (χ4v) is 4.33. The van der Waals surface area contributed by atoms with Gasteiger partial charge in [-0.2, -0.15) is 0 Å². The van der Waals surface area contributed by atoms with Crippen LogP contribution < -0.4 is 20.0 Å². The van der Waals surface area contributed by atoms with Gasteiger partial charge in [0.05, 0.1) is 11.4 Å². The molecule has 0 aliphatic carbocycles. The first-order chi connectivity index (χ1) is 13.6. The number of rotatable bonds is 2. The van der Waals surface area contributed by atoms with E-state index in [1.807, 2.05) is 23.1 Å². The van der Waals surface area contributed by atoms with Gasteiger partial charge in [-0.1, -0.05) is 30.3 Å². The number of piperidine rings is 1. The zero-order chi connectivity index (χ0) is 19.5. The first-order valence-electron chi connectivity index (χ1n) is 10.3. The lowest BCUT2D eigenvalue weighted by Crippen LogP contribution is -2.51. The number of hydrogen-bond donors (Lipinski definition) is 1. The smallest absolute Gasteiger partial charge is 0.322 e. The van der Waals surface area contributed by atoms with Crippen molar-refractivity contribution in [1.29, 1.82) is 0 Å². The molecule has 0 saturated carbocycles. The normalized spacial score (nSPS) is 20.5. The third-order valence-corrected chi connectivity index (χ3v) is 6.04. The van der Waals surface area contributed by atoms with Crippen LogP contribution in [0.2, 0.25) is 0 Å². The van der Waals surface area contributed by atoms with Crippen molar-refractivity contribution < 1.29 is 4.79 Å². The van der Waals surface area contributed by atoms with Crippen LogP contribution in [0.5, 0.6) is 0 Å². The predicted octanol–water partition coefficient (Wildman–Crippen LogP) is 4.10. The molecule has 2 heterocycles. The fraction of sp³-hybridized carbons (Fsp3) is 0.435. The molecule has 28 heavy (non-hydrogen) atoms. The van der Waals surface area contributed by atoms with E-state index in [1.54, 1.807) is 0 Å². The Morgan fingerprint density at radius 2 is 1.54 bits per heavy atom. The molecule has 0 bridgehead atoms. The number of nitrogens with one attached hydrogen (secondary N) is 1. The SMILES string of the molecule is CC1CCN(C)c2ccccc2N1C(=O)NC1CCN(c2ccccc2)CC1. The summed E-state index contributed by atoms with van der Waals surface area (Å²) in [4.78, 5) is 19.8. The summed E-state index contributed by atoms with van der Waals surface area (Å²) < 4.78 is 0. The molecule has 0 aromatic heterocycles. The maximum absolute atomic E-state index is 13.2. The van der Waals surface area contributed by atoms with E-state index in [9.17, 15) is 4.79 Å². The lowest BCUT2D eigenvalue weighted by Gasteiger charge is -2.36. The lowest BCUT2D eigenvalue weighted by atomic mass is 10.0. The molecule has 2 aliphatic rings. The molecule has 0 spiro atoms. The number of fused-ring (bicyclic) bond motifs is 1. The lowest BCUT2D eigenvalue weighted by molar-refractivity contribution is 0.238. The Hall–Kier alpha value is -2.69. The molecule has 2 aromatic rings. The fourth-order valence-electron chi connectivity index (χ4n) is 4.33. The topological polar surface area (TPSA) is 38.8 Å². The summed E-state index contributed by atoms with van der Waals surface area (Å²) in [6, 6.07) is 19.2. The summed E-state index contributed by atoms with van der Waals surface area (Å²) in [5.41, 5.74) is 3.40. The average molecular weight is 379 g/mol. The van der Waals surface area contributed by atoms with Crippen molar-refractivity contribution in [3.63, 3.8) is 0 Å². The van der Waals surface area contributed by atoms with Gasteiger partial charge in [0, 0.05) is 44.5 Å². The standard InChI is InChI=1S/C23H30N4O/c1-18-12-15-25(2)21-10-6-7-11-22(21)27(18)23(28)24-19-13-16-26(17-14-19)20-8-4-3-5-9-20/h3-11,18-19H,12-17H2,1-2H3,(H,24,28). The van der Waals surface area contributed by atoms with Gasteiger partial charge in [0.25, 0.3) is 0 Å². The number of anilines is 3. The van der Waals surface area contributed by atoms with Crippen molar-refractivity contribution >= 4 is 23.1 Å². The van der Waals surface area contributed by atoms with Crippen LogP contribution in [0.3, 0.4) is 0 Å². The number of carbonyl (C=O) groups excluding carboxylic acids is 1. The van der Waals surface area contributed by atoms with Gasteiger partial charge in [0.2, 0.25) is 0 Å². The highest BCUT2D eigenvalue weighted by Gasteiger charge is 2.30. The monoisotopic (exact) mass is 378 g/mol. The summed E-state index contributed by atoms with van der Waals surface area (Å²) in [7, 11) is 2.10. The summed E-state index contributed by atoms with van der Waals surface area (Å²) in [5.74, 6) is 0. The number of carbonyl (C=O) groups is 1. The number of benzene rings is 2. The Bertz CT molecular complexity index is 801. The van der Waals surface area contributed by atoms with Crippen LogP contribution >= 0.6 is 0 Å². The summed E-state index contributed by atoms with van der Waals surface area (Å²) in [5, 5.41) is 3.32. The van der Waals surface area contributed by atoms with Crippen molar-refractivity contribution in [3.8, 4) is 0 Å². The highest BCUT2D eigenvalue weighted by Crippen LogP contribution is 2.33. The molecule has 148 valence electrons. The van der Waals surface area contributed by atoms with Crippen molar-refractivity contribution in [2.75, 3.05) is 41.4 Å². The van der Waals surface area contributed by atoms with Crippen LogP contribution in [0.25, 0.3) is 0 Å². The van der Waals surface area contributed by atoms with Gasteiger partial charge in [-0.25, -0.2) is 4.79 Å². The molecule has 0 radical (unpaired) electrons. The van der Waals surface area contributed by atoms with Gasteiger partial charge in [0.1, 0.15) is 0 Å². The van der Waals surface area contributed by atoms with Crippen molar-refractivity contribution in [2.24, 2.45) is 0 Å². The average Bonchev–Trinajstić information content (AvgIpc) is 2.86. The third kappa shape index (κ3) is 3.79. The van der Waals surface area contributed by atoms with E-state index >= 15 is 0 Å². The molecule has 1 unspecified atom stereocenters. The predicted molar refractivity (Wildman–Crippen MR) is 116 cm³/mol. The molecule has 5 heteroatoms. The number of urea groups is 1. The molecule has 5 nitrogen and oxygen atoms in total. The molecular formula is C23H30N4O. The van der Waals surface area contributed by atoms with Crippen LogP contribution in [0, 0.1) is 0 Å². The number of nitrogens with zero attached hydrogens (tertiary/aromatic N) is 3. The number of amides is 2. The largest absolute Gasteiger partial charge is 0.373 e. The molecule has 1 N–H and O–H groups in total. The molecule has 2 aromatic carbocycles. The molecule has 1 fully saturated rings. The van der Waals surface area contributed by atoms with Gasteiger partial charge in [-0.3, -0.25) is 4.90 Å². The first kappa shape index (κ1) is 18.7. The van der Waals surface area contributed by atoms with Gasteiger partial charge in [-0.05, 0) is 50.5 Å². The molecule has 2 amide bonds. The van der Waals surface area contributed by atoms with Crippen molar-refractivity contribution in [3.05, 3.63) is 54.6 Å². The highest BCUT2D eigenvalue weighted by atomic mass is 16.2. The van der Waals surface area contributed by atoms with Gasteiger partial charge >= 0.3 is 6.03 Å². The second-order valence-corrected chi connectivity index (χ2v) is 7.96. The van der Waals surface area contributed by atoms with Crippen LogP contribution in [0.15, 0.2) is 54.6 Å². The van der Waals surface area contributed by atoms with Gasteiger partial charge in [0.15, 0.2) is 0 Å². The van der Waals surface area contributed by atoms with Crippen LogP contribution in [0.1, 0.15) is 26.2 Å². The van der Waals surface area contributed by atoms with E-state index in [4.69, 9.17) is 0 Å².